The highest BCUT2D eigenvalue weighted by atomic mass is 14.5. The van der Waals surface area contributed by atoms with Crippen molar-refractivity contribution in [3.8, 4) is 0 Å². The molecule has 0 saturated heterocycles. The summed E-state index contributed by atoms with van der Waals surface area (Å²) < 4.78 is 0. The van der Waals surface area contributed by atoms with Crippen molar-refractivity contribution in [2.24, 2.45) is 22.7 Å². The van der Waals surface area contributed by atoms with Crippen LogP contribution >= 0.6 is 0 Å². The van der Waals surface area contributed by atoms with Crippen LogP contribution in [0, 0.1) is 22.7 Å². The number of hydrogen-bond acceptors (Lipinski definition) is 0. The highest BCUT2D eigenvalue weighted by molar-refractivity contribution is 4.91. The molecule has 0 spiro atoms. The number of hydrogen-bond donors (Lipinski definition) is 0. The Balaban J connectivity index is 2.76. The van der Waals surface area contributed by atoms with Gasteiger partial charge in [-0.1, -0.05) is 48.0 Å². The SMILES string of the molecule is CC(C)(C)C1CCCC1C(C)(C)C. The molecule has 1 fully saturated rings. The summed E-state index contributed by atoms with van der Waals surface area (Å²) in [6.07, 6.45) is 4.35. The fourth-order valence-corrected chi connectivity index (χ4v) is 3.03. The maximum atomic E-state index is 2.40. The standard InChI is InChI=1S/C13H26/c1-12(2,3)10-8-7-9-11(10)13(4,5)6/h10-11H,7-9H2,1-6H3. The Morgan fingerprint density at radius 1 is 0.692 bits per heavy atom. The summed E-state index contributed by atoms with van der Waals surface area (Å²) in [6, 6.07) is 0. The molecule has 0 bridgehead atoms. The zero-order valence-corrected chi connectivity index (χ0v) is 10.3. The lowest BCUT2D eigenvalue weighted by Gasteiger charge is -2.39. The van der Waals surface area contributed by atoms with E-state index in [0.29, 0.717) is 10.8 Å². The van der Waals surface area contributed by atoms with Crippen LogP contribution in [0.5, 0.6) is 0 Å². The molecule has 0 aliphatic heterocycles. The Morgan fingerprint density at radius 2 is 1.00 bits per heavy atom. The minimum Gasteiger partial charge on any atom is -0.0599 e. The molecule has 13 heavy (non-hydrogen) atoms. The molecule has 0 N–H and O–H groups in total. The number of rotatable bonds is 0. The van der Waals surface area contributed by atoms with Gasteiger partial charge in [0.25, 0.3) is 0 Å². The highest BCUT2D eigenvalue weighted by Gasteiger charge is 2.41. The van der Waals surface area contributed by atoms with E-state index >= 15 is 0 Å². The second kappa shape index (κ2) is 3.29. The van der Waals surface area contributed by atoms with Gasteiger partial charge in [-0.25, -0.2) is 0 Å². The molecule has 1 rings (SSSR count). The Morgan fingerprint density at radius 3 is 1.23 bits per heavy atom. The lowest BCUT2D eigenvalue weighted by atomic mass is 9.66. The average molecular weight is 182 g/mol. The van der Waals surface area contributed by atoms with Crippen molar-refractivity contribution in [1.29, 1.82) is 0 Å². The second-order valence-electron chi connectivity index (χ2n) is 6.88. The first-order valence-electron chi connectivity index (χ1n) is 5.73. The molecule has 2 atom stereocenters. The second-order valence-corrected chi connectivity index (χ2v) is 6.88. The lowest BCUT2D eigenvalue weighted by Crippen LogP contribution is -2.32. The third kappa shape index (κ3) is 2.48. The Hall–Kier alpha value is 0. The molecule has 2 unspecified atom stereocenters. The predicted octanol–water partition coefficient (Wildman–Crippen LogP) is 4.49. The summed E-state index contributed by atoms with van der Waals surface area (Å²) in [5.74, 6) is 1.87. The molecule has 1 saturated carbocycles. The first-order chi connectivity index (χ1) is 5.73. The zero-order valence-electron chi connectivity index (χ0n) is 10.3. The summed E-state index contributed by atoms with van der Waals surface area (Å²) in [5.41, 5.74) is 1.02. The van der Waals surface area contributed by atoms with Gasteiger partial charge in [0.2, 0.25) is 0 Å². The average Bonchev–Trinajstić information content (AvgIpc) is 2.27. The molecule has 1 aliphatic carbocycles. The van der Waals surface area contributed by atoms with E-state index in [-0.39, 0.29) is 0 Å². The Kier molecular flexibility index (Phi) is 2.81. The van der Waals surface area contributed by atoms with Crippen molar-refractivity contribution in [2.75, 3.05) is 0 Å². The van der Waals surface area contributed by atoms with Crippen LogP contribution in [0.3, 0.4) is 0 Å². The monoisotopic (exact) mass is 182 g/mol. The van der Waals surface area contributed by atoms with Crippen molar-refractivity contribution in [2.45, 2.75) is 60.8 Å². The van der Waals surface area contributed by atoms with E-state index < -0.39 is 0 Å². The molecule has 0 nitrogen and oxygen atoms in total. The van der Waals surface area contributed by atoms with Crippen LogP contribution in [0.25, 0.3) is 0 Å². The van der Waals surface area contributed by atoms with E-state index in [1.165, 1.54) is 19.3 Å². The van der Waals surface area contributed by atoms with Gasteiger partial charge in [-0.15, -0.1) is 0 Å². The van der Waals surface area contributed by atoms with Gasteiger partial charge in [0.05, 0.1) is 0 Å². The Labute approximate surface area is 84.1 Å². The molecule has 0 aromatic carbocycles. The summed E-state index contributed by atoms with van der Waals surface area (Å²) in [5, 5.41) is 0. The molecular formula is C13H26. The molecule has 0 heteroatoms. The third-order valence-electron chi connectivity index (χ3n) is 3.74. The van der Waals surface area contributed by atoms with Crippen molar-refractivity contribution in [3.63, 3.8) is 0 Å². The minimum absolute atomic E-state index is 0.508. The van der Waals surface area contributed by atoms with E-state index in [2.05, 4.69) is 41.5 Å². The van der Waals surface area contributed by atoms with Crippen LogP contribution < -0.4 is 0 Å². The molecule has 78 valence electrons. The maximum Gasteiger partial charge on any atom is -0.0332 e. The van der Waals surface area contributed by atoms with Crippen molar-refractivity contribution in [1.82, 2.24) is 0 Å². The summed E-state index contributed by atoms with van der Waals surface area (Å²) in [6.45, 7) is 14.4. The van der Waals surface area contributed by atoms with Crippen LogP contribution in [0.4, 0.5) is 0 Å². The zero-order chi connectivity index (χ0) is 10.3. The van der Waals surface area contributed by atoms with Crippen molar-refractivity contribution in [3.05, 3.63) is 0 Å². The van der Waals surface area contributed by atoms with Gasteiger partial charge in [-0.2, -0.15) is 0 Å². The Bertz CT molecular complexity index is 145. The van der Waals surface area contributed by atoms with Gasteiger partial charge in [0.15, 0.2) is 0 Å². The molecule has 1 aliphatic rings. The maximum absolute atomic E-state index is 2.40. The predicted molar refractivity (Wildman–Crippen MR) is 59.7 cm³/mol. The van der Waals surface area contributed by atoms with E-state index in [0.717, 1.165) is 11.8 Å². The topological polar surface area (TPSA) is 0 Å². The van der Waals surface area contributed by atoms with Crippen LogP contribution in [0.15, 0.2) is 0 Å². The molecule has 0 amide bonds. The van der Waals surface area contributed by atoms with E-state index in [9.17, 15) is 0 Å². The van der Waals surface area contributed by atoms with Crippen LogP contribution in [-0.2, 0) is 0 Å². The molecular weight excluding hydrogens is 156 g/mol. The fraction of sp³-hybridized carbons (Fsp3) is 1.00. The normalized spacial score (nSPS) is 30.9. The van der Waals surface area contributed by atoms with Gasteiger partial charge in [0.1, 0.15) is 0 Å². The van der Waals surface area contributed by atoms with Crippen LogP contribution in [-0.4, -0.2) is 0 Å². The minimum atomic E-state index is 0.508. The van der Waals surface area contributed by atoms with E-state index in [1.807, 2.05) is 0 Å². The van der Waals surface area contributed by atoms with Gasteiger partial charge in [-0.3, -0.25) is 0 Å². The molecule has 0 aromatic heterocycles. The van der Waals surface area contributed by atoms with Crippen LogP contribution in [0.1, 0.15) is 60.8 Å². The molecule has 0 aromatic rings. The smallest absolute Gasteiger partial charge is 0.0332 e. The first-order valence-corrected chi connectivity index (χ1v) is 5.73. The molecule has 0 radical (unpaired) electrons. The first kappa shape index (κ1) is 11.1. The van der Waals surface area contributed by atoms with Gasteiger partial charge >= 0.3 is 0 Å². The lowest BCUT2D eigenvalue weighted by molar-refractivity contribution is 0.0992. The molecule has 0 heterocycles. The third-order valence-corrected chi connectivity index (χ3v) is 3.74. The fourth-order valence-electron chi connectivity index (χ4n) is 3.03. The summed E-state index contributed by atoms with van der Waals surface area (Å²) in [4.78, 5) is 0. The van der Waals surface area contributed by atoms with Crippen LogP contribution in [0.2, 0.25) is 0 Å². The van der Waals surface area contributed by atoms with Gasteiger partial charge in [0, 0.05) is 0 Å². The van der Waals surface area contributed by atoms with Crippen molar-refractivity contribution >= 4 is 0 Å². The largest absolute Gasteiger partial charge is 0.0599 e. The van der Waals surface area contributed by atoms with Gasteiger partial charge in [-0.05, 0) is 35.5 Å². The highest BCUT2D eigenvalue weighted by Crippen LogP contribution is 2.50. The van der Waals surface area contributed by atoms with Gasteiger partial charge < -0.3 is 0 Å². The van der Waals surface area contributed by atoms with E-state index in [1.54, 1.807) is 0 Å². The summed E-state index contributed by atoms with van der Waals surface area (Å²) >= 11 is 0. The van der Waals surface area contributed by atoms with E-state index in [4.69, 9.17) is 0 Å². The quantitative estimate of drug-likeness (QED) is 0.517. The van der Waals surface area contributed by atoms with Crippen molar-refractivity contribution < 1.29 is 0 Å². The summed E-state index contributed by atoms with van der Waals surface area (Å²) in [7, 11) is 0.